The summed E-state index contributed by atoms with van der Waals surface area (Å²) in [6, 6.07) is 6.44. The van der Waals surface area contributed by atoms with E-state index in [4.69, 9.17) is 0 Å². The van der Waals surface area contributed by atoms with Gasteiger partial charge in [-0.05, 0) is 30.5 Å². The maximum atomic E-state index is 12.8. The van der Waals surface area contributed by atoms with Crippen molar-refractivity contribution in [1.82, 2.24) is 5.32 Å². The van der Waals surface area contributed by atoms with Crippen molar-refractivity contribution in [3.63, 3.8) is 0 Å². The van der Waals surface area contributed by atoms with Crippen LogP contribution in [0.1, 0.15) is 37.7 Å². The molecule has 0 unspecified atom stereocenters. The number of hydrogen-bond acceptors (Lipinski definition) is 3. The molecule has 0 bridgehead atoms. The van der Waals surface area contributed by atoms with Crippen LogP contribution in [0.3, 0.4) is 0 Å². The summed E-state index contributed by atoms with van der Waals surface area (Å²) in [4.78, 5) is 11.7. The van der Waals surface area contributed by atoms with Crippen LogP contribution in [-0.4, -0.2) is 29.2 Å². The third kappa shape index (κ3) is 7.05. The van der Waals surface area contributed by atoms with Crippen molar-refractivity contribution in [3.05, 3.63) is 35.6 Å². The first-order chi connectivity index (χ1) is 10.7. The minimum Gasteiger partial charge on any atom is -0.355 e. The Bertz CT molecular complexity index is 446. The molecule has 0 radical (unpaired) electrons. The number of thioether (sulfide) groups is 2. The Hall–Kier alpha value is -0.680. The number of nitrogens with one attached hydrogen (secondary N) is 1. The number of rotatable bonds is 8. The fourth-order valence-electron chi connectivity index (χ4n) is 2.54. The number of carbonyl (C=O) groups excluding carboxylic acids is 1. The van der Waals surface area contributed by atoms with Crippen molar-refractivity contribution in [3.8, 4) is 0 Å². The Kier molecular flexibility index (Phi) is 8.16. The van der Waals surface area contributed by atoms with E-state index in [1.807, 2.05) is 11.8 Å². The zero-order valence-electron chi connectivity index (χ0n) is 12.9. The molecule has 1 N–H and O–H groups in total. The number of hydrogen-bond donors (Lipinski definition) is 1. The largest absolute Gasteiger partial charge is 0.355 e. The summed E-state index contributed by atoms with van der Waals surface area (Å²) in [6.45, 7) is 0.761. The molecule has 1 aromatic rings. The Morgan fingerprint density at radius 2 is 1.91 bits per heavy atom. The number of benzene rings is 1. The fourth-order valence-corrected chi connectivity index (χ4v) is 4.58. The second-order valence-electron chi connectivity index (χ2n) is 5.60. The lowest BCUT2D eigenvalue weighted by Gasteiger charge is -2.20. The zero-order chi connectivity index (χ0) is 15.6. The van der Waals surface area contributed by atoms with E-state index >= 15 is 0 Å². The second-order valence-corrected chi connectivity index (χ2v) is 7.99. The molecule has 22 heavy (non-hydrogen) atoms. The molecule has 2 rings (SSSR count). The summed E-state index contributed by atoms with van der Waals surface area (Å²) in [7, 11) is 0. The molecule has 0 heterocycles. The Balaban J connectivity index is 1.49. The minimum absolute atomic E-state index is 0.0938. The van der Waals surface area contributed by atoms with Gasteiger partial charge in [-0.15, -0.1) is 11.8 Å². The van der Waals surface area contributed by atoms with Crippen LogP contribution in [0.5, 0.6) is 0 Å². The average Bonchev–Trinajstić information content (AvgIpc) is 2.54. The topological polar surface area (TPSA) is 29.1 Å². The number of halogens is 1. The summed E-state index contributed by atoms with van der Waals surface area (Å²) in [5.74, 6) is 2.09. The molecule has 5 heteroatoms. The Morgan fingerprint density at radius 3 is 2.64 bits per heavy atom. The van der Waals surface area contributed by atoms with E-state index in [2.05, 4.69) is 5.32 Å². The lowest BCUT2D eigenvalue weighted by atomic mass is 10.0. The zero-order valence-corrected chi connectivity index (χ0v) is 14.5. The Labute approximate surface area is 141 Å². The molecular formula is C17H24FNOS2. The first-order valence-electron chi connectivity index (χ1n) is 7.94. The van der Waals surface area contributed by atoms with Gasteiger partial charge in [0.25, 0.3) is 0 Å². The van der Waals surface area contributed by atoms with Gasteiger partial charge in [-0.3, -0.25) is 4.79 Å². The van der Waals surface area contributed by atoms with Gasteiger partial charge in [-0.25, -0.2) is 4.39 Å². The molecule has 1 aromatic carbocycles. The number of amides is 1. The van der Waals surface area contributed by atoms with Crippen LogP contribution < -0.4 is 5.32 Å². The van der Waals surface area contributed by atoms with Gasteiger partial charge < -0.3 is 5.32 Å². The fraction of sp³-hybridized carbons (Fsp3) is 0.588. The lowest BCUT2D eigenvalue weighted by molar-refractivity contribution is -0.118. The van der Waals surface area contributed by atoms with Crippen LogP contribution in [0.2, 0.25) is 0 Å². The highest BCUT2D eigenvalue weighted by molar-refractivity contribution is 8.00. The highest BCUT2D eigenvalue weighted by Crippen LogP contribution is 2.27. The first-order valence-corrected chi connectivity index (χ1v) is 10.1. The van der Waals surface area contributed by atoms with Crippen molar-refractivity contribution in [2.24, 2.45) is 0 Å². The SMILES string of the molecule is O=C(CSCc1ccc(F)cc1)NCCSC1CCCCC1. The predicted molar refractivity (Wildman–Crippen MR) is 94.9 cm³/mol. The van der Waals surface area contributed by atoms with Crippen molar-refractivity contribution < 1.29 is 9.18 Å². The molecule has 0 spiro atoms. The third-order valence-electron chi connectivity index (χ3n) is 3.75. The van der Waals surface area contributed by atoms with E-state index in [1.54, 1.807) is 23.9 Å². The van der Waals surface area contributed by atoms with Gasteiger partial charge in [0.2, 0.25) is 5.91 Å². The van der Waals surface area contributed by atoms with E-state index in [1.165, 1.54) is 44.2 Å². The van der Waals surface area contributed by atoms with Gasteiger partial charge in [-0.2, -0.15) is 11.8 Å². The second kappa shape index (κ2) is 10.2. The number of carbonyl (C=O) groups is 1. The highest BCUT2D eigenvalue weighted by Gasteiger charge is 2.13. The van der Waals surface area contributed by atoms with Crippen LogP contribution in [0, 0.1) is 5.82 Å². The van der Waals surface area contributed by atoms with Gasteiger partial charge in [0.1, 0.15) is 5.82 Å². The van der Waals surface area contributed by atoms with E-state index in [-0.39, 0.29) is 11.7 Å². The van der Waals surface area contributed by atoms with Crippen molar-refractivity contribution in [2.45, 2.75) is 43.1 Å². The molecule has 1 fully saturated rings. The van der Waals surface area contributed by atoms with Crippen molar-refractivity contribution in [2.75, 3.05) is 18.1 Å². The molecule has 0 aromatic heterocycles. The summed E-state index contributed by atoms with van der Waals surface area (Å²) in [5.41, 5.74) is 1.05. The summed E-state index contributed by atoms with van der Waals surface area (Å²) in [6.07, 6.45) is 6.80. The minimum atomic E-state index is -0.220. The molecule has 0 atom stereocenters. The lowest BCUT2D eigenvalue weighted by Crippen LogP contribution is -2.28. The van der Waals surface area contributed by atoms with Crippen LogP contribution in [0.4, 0.5) is 4.39 Å². The van der Waals surface area contributed by atoms with Crippen LogP contribution in [0.15, 0.2) is 24.3 Å². The normalized spacial score (nSPS) is 15.7. The van der Waals surface area contributed by atoms with Crippen molar-refractivity contribution >= 4 is 29.4 Å². The predicted octanol–water partition coefficient (Wildman–Crippen LogP) is 4.24. The monoisotopic (exact) mass is 341 g/mol. The van der Waals surface area contributed by atoms with Crippen LogP contribution >= 0.6 is 23.5 Å². The van der Waals surface area contributed by atoms with Gasteiger partial charge in [0, 0.05) is 23.3 Å². The Morgan fingerprint density at radius 1 is 1.18 bits per heavy atom. The summed E-state index contributed by atoms with van der Waals surface area (Å²) >= 11 is 3.57. The standard InChI is InChI=1S/C17H24FNOS2/c18-15-8-6-14(7-9-15)12-21-13-17(20)19-10-11-22-16-4-2-1-3-5-16/h6-9,16H,1-5,10-13H2,(H,19,20). The maximum absolute atomic E-state index is 12.8. The van der Waals surface area contributed by atoms with E-state index in [9.17, 15) is 9.18 Å². The molecule has 1 saturated carbocycles. The molecule has 1 aliphatic rings. The van der Waals surface area contributed by atoms with Crippen LogP contribution in [0.25, 0.3) is 0 Å². The van der Waals surface area contributed by atoms with Crippen molar-refractivity contribution in [1.29, 1.82) is 0 Å². The van der Waals surface area contributed by atoms with Crippen LogP contribution in [-0.2, 0) is 10.5 Å². The van der Waals surface area contributed by atoms with Gasteiger partial charge >= 0.3 is 0 Å². The maximum Gasteiger partial charge on any atom is 0.230 e. The van der Waals surface area contributed by atoms with Gasteiger partial charge in [0.05, 0.1) is 5.75 Å². The van der Waals surface area contributed by atoms with E-state index in [0.717, 1.165) is 28.9 Å². The molecule has 1 aliphatic carbocycles. The van der Waals surface area contributed by atoms with E-state index in [0.29, 0.717) is 5.75 Å². The molecule has 122 valence electrons. The highest BCUT2D eigenvalue weighted by atomic mass is 32.2. The molecule has 0 saturated heterocycles. The van der Waals surface area contributed by atoms with Gasteiger partial charge in [-0.1, -0.05) is 31.4 Å². The first kappa shape index (κ1) is 17.7. The molecule has 1 amide bonds. The molecule has 2 nitrogen and oxygen atoms in total. The smallest absolute Gasteiger partial charge is 0.230 e. The molecule has 0 aliphatic heterocycles. The summed E-state index contributed by atoms with van der Waals surface area (Å²) < 4.78 is 12.8. The third-order valence-corrected chi connectivity index (χ3v) is 6.13. The summed E-state index contributed by atoms with van der Waals surface area (Å²) in [5, 5.41) is 3.78. The molecular weight excluding hydrogens is 317 g/mol. The quantitative estimate of drug-likeness (QED) is 0.717. The average molecular weight is 342 g/mol. The van der Waals surface area contributed by atoms with Gasteiger partial charge in [0.15, 0.2) is 0 Å². The van der Waals surface area contributed by atoms with E-state index < -0.39 is 0 Å².